The molecule has 0 bridgehead atoms. The molecule has 2 aromatic rings. The molecule has 21 heavy (non-hydrogen) atoms. The van der Waals surface area contributed by atoms with Gasteiger partial charge in [0.1, 0.15) is 10.0 Å². The number of hydrogen-bond acceptors (Lipinski definition) is 4. The number of carbonyl (C=O) groups excluding carboxylic acids is 1. The number of carbonyl (C=O) groups is 1. The molecule has 1 amide bonds. The summed E-state index contributed by atoms with van der Waals surface area (Å²) in [5, 5.41) is 2.65. The molecule has 0 saturated carbocycles. The van der Waals surface area contributed by atoms with Crippen LogP contribution in [0.1, 0.15) is 15.2 Å². The normalized spacial score (nSPS) is 11.3. The van der Waals surface area contributed by atoms with E-state index in [9.17, 15) is 17.6 Å². The van der Waals surface area contributed by atoms with E-state index < -0.39 is 15.8 Å². The highest BCUT2D eigenvalue weighted by Gasteiger charge is 2.14. The van der Waals surface area contributed by atoms with Crippen molar-refractivity contribution in [1.82, 2.24) is 10.0 Å². The number of halogens is 1. The van der Waals surface area contributed by atoms with Gasteiger partial charge in [0.05, 0.1) is 6.54 Å². The molecule has 0 radical (unpaired) electrons. The first-order chi connectivity index (χ1) is 9.92. The maximum absolute atomic E-state index is 12.8. The molecule has 1 aromatic carbocycles. The number of benzene rings is 1. The summed E-state index contributed by atoms with van der Waals surface area (Å²) in [4.78, 5) is 12.5. The van der Waals surface area contributed by atoms with Crippen LogP contribution in [0.5, 0.6) is 0 Å². The lowest BCUT2D eigenvalue weighted by Gasteiger charge is -2.03. The molecule has 1 heterocycles. The van der Waals surface area contributed by atoms with E-state index >= 15 is 0 Å². The quantitative estimate of drug-likeness (QED) is 0.877. The number of sulfonamides is 1. The molecular formula is C13H13FN2O3S2. The van der Waals surface area contributed by atoms with Gasteiger partial charge in [-0.3, -0.25) is 4.79 Å². The number of rotatable bonds is 5. The van der Waals surface area contributed by atoms with Crippen molar-refractivity contribution < 1.29 is 17.6 Å². The minimum atomic E-state index is -3.46. The minimum absolute atomic E-state index is 0.191. The average Bonchev–Trinajstić information content (AvgIpc) is 2.95. The zero-order chi connectivity index (χ0) is 15.5. The Hall–Kier alpha value is -1.77. The van der Waals surface area contributed by atoms with Crippen LogP contribution in [0.2, 0.25) is 0 Å². The summed E-state index contributed by atoms with van der Waals surface area (Å²) in [5.41, 5.74) is 0.344. The van der Waals surface area contributed by atoms with E-state index in [1.165, 1.54) is 37.4 Å². The summed E-state index contributed by atoms with van der Waals surface area (Å²) in [6, 6.07) is 8.30. The van der Waals surface area contributed by atoms with Gasteiger partial charge in [0, 0.05) is 10.4 Å². The Morgan fingerprint density at radius 2 is 1.86 bits per heavy atom. The molecule has 0 unspecified atom stereocenters. The number of hydrogen-bond donors (Lipinski definition) is 2. The second-order valence-corrected chi connectivity index (χ2v) is 7.40. The number of amides is 1. The summed E-state index contributed by atoms with van der Waals surface area (Å²) in [6.45, 7) is 0.208. The highest BCUT2D eigenvalue weighted by atomic mass is 32.2. The third-order valence-electron chi connectivity index (χ3n) is 2.70. The Bertz CT molecular complexity index is 739. The standard InChI is InChI=1S/C13H13FN2O3S2/c1-15-21(18,19)12-7-6-11(20-12)8-16-13(17)9-2-4-10(14)5-3-9/h2-7,15H,8H2,1H3,(H,16,17). The molecule has 0 spiro atoms. The first-order valence-electron chi connectivity index (χ1n) is 5.98. The molecule has 0 atom stereocenters. The highest BCUT2D eigenvalue weighted by molar-refractivity contribution is 7.91. The summed E-state index contributed by atoms with van der Waals surface area (Å²) in [7, 11) is -2.12. The highest BCUT2D eigenvalue weighted by Crippen LogP contribution is 2.21. The van der Waals surface area contributed by atoms with Crippen LogP contribution in [0.25, 0.3) is 0 Å². The minimum Gasteiger partial charge on any atom is -0.347 e. The van der Waals surface area contributed by atoms with Crippen LogP contribution in [0.15, 0.2) is 40.6 Å². The Balaban J connectivity index is 2.00. The van der Waals surface area contributed by atoms with Gasteiger partial charge in [-0.2, -0.15) is 0 Å². The van der Waals surface area contributed by atoms with Gasteiger partial charge in [0.15, 0.2) is 0 Å². The fourth-order valence-corrected chi connectivity index (χ4v) is 3.70. The van der Waals surface area contributed by atoms with Crippen LogP contribution < -0.4 is 10.0 Å². The molecule has 1 aromatic heterocycles. The van der Waals surface area contributed by atoms with Crippen molar-refractivity contribution in [2.24, 2.45) is 0 Å². The second kappa shape index (κ2) is 6.33. The third kappa shape index (κ3) is 3.87. The monoisotopic (exact) mass is 328 g/mol. The van der Waals surface area contributed by atoms with Crippen LogP contribution in [-0.2, 0) is 16.6 Å². The summed E-state index contributed by atoms with van der Waals surface area (Å²) >= 11 is 1.08. The maximum Gasteiger partial charge on any atom is 0.251 e. The van der Waals surface area contributed by atoms with Gasteiger partial charge in [0.25, 0.3) is 5.91 Å². The van der Waals surface area contributed by atoms with Crippen molar-refractivity contribution in [3.63, 3.8) is 0 Å². The number of nitrogens with one attached hydrogen (secondary N) is 2. The van der Waals surface area contributed by atoms with Crippen LogP contribution in [0.4, 0.5) is 4.39 Å². The molecule has 0 aliphatic rings. The molecule has 0 aliphatic heterocycles. The molecule has 0 aliphatic carbocycles. The predicted octanol–water partition coefficient (Wildman–Crippen LogP) is 1.73. The molecule has 2 N–H and O–H groups in total. The van der Waals surface area contributed by atoms with Crippen LogP contribution in [-0.4, -0.2) is 21.4 Å². The van der Waals surface area contributed by atoms with E-state index in [2.05, 4.69) is 10.0 Å². The summed E-state index contributed by atoms with van der Waals surface area (Å²) in [5.74, 6) is -0.756. The van der Waals surface area contributed by atoms with Crippen molar-refractivity contribution in [1.29, 1.82) is 0 Å². The summed E-state index contributed by atoms with van der Waals surface area (Å²) < 4.78 is 38.3. The zero-order valence-corrected chi connectivity index (χ0v) is 12.7. The van der Waals surface area contributed by atoms with E-state index in [0.717, 1.165) is 11.3 Å². The molecule has 0 saturated heterocycles. The smallest absolute Gasteiger partial charge is 0.251 e. The van der Waals surface area contributed by atoms with E-state index in [1.54, 1.807) is 6.07 Å². The van der Waals surface area contributed by atoms with Crippen molar-refractivity contribution in [2.75, 3.05) is 7.05 Å². The lowest BCUT2D eigenvalue weighted by Crippen LogP contribution is -2.22. The molecule has 0 fully saturated rings. The van der Waals surface area contributed by atoms with Crippen LogP contribution >= 0.6 is 11.3 Å². The summed E-state index contributed by atoms with van der Waals surface area (Å²) in [6.07, 6.45) is 0. The zero-order valence-electron chi connectivity index (χ0n) is 11.1. The molecule has 8 heteroatoms. The molecule has 2 rings (SSSR count). The maximum atomic E-state index is 12.8. The van der Waals surface area contributed by atoms with Gasteiger partial charge < -0.3 is 5.32 Å². The molecular weight excluding hydrogens is 315 g/mol. The Labute approximate surface area is 125 Å². The topological polar surface area (TPSA) is 75.3 Å². The van der Waals surface area contributed by atoms with Crippen molar-refractivity contribution in [3.8, 4) is 0 Å². The van der Waals surface area contributed by atoms with Gasteiger partial charge in [0.2, 0.25) is 10.0 Å². The van der Waals surface area contributed by atoms with Gasteiger partial charge in [-0.1, -0.05) is 0 Å². The van der Waals surface area contributed by atoms with E-state index in [-0.39, 0.29) is 16.7 Å². The van der Waals surface area contributed by atoms with E-state index in [1.807, 2.05) is 0 Å². The predicted molar refractivity (Wildman–Crippen MR) is 78.1 cm³/mol. The van der Waals surface area contributed by atoms with Gasteiger partial charge in [-0.05, 0) is 43.4 Å². The van der Waals surface area contributed by atoms with Crippen molar-refractivity contribution in [3.05, 3.63) is 52.7 Å². The third-order valence-corrected chi connectivity index (χ3v) is 5.69. The number of thiophene rings is 1. The van der Waals surface area contributed by atoms with Crippen molar-refractivity contribution >= 4 is 27.3 Å². The fourth-order valence-electron chi connectivity index (χ4n) is 1.57. The Morgan fingerprint density at radius 3 is 2.48 bits per heavy atom. The van der Waals surface area contributed by atoms with Gasteiger partial charge in [-0.15, -0.1) is 11.3 Å². The Morgan fingerprint density at radius 1 is 1.19 bits per heavy atom. The molecule has 112 valence electrons. The van der Waals surface area contributed by atoms with Crippen LogP contribution in [0, 0.1) is 5.82 Å². The SMILES string of the molecule is CNS(=O)(=O)c1ccc(CNC(=O)c2ccc(F)cc2)s1. The Kier molecular flexibility index (Phi) is 4.71. The lowest BCUT2D eigenvalue weighted by atomic mass is 10.2. The van der Waals surface area contributed by atoms with Gasteiger partial charge >= 0.3 is 0 Å². The van der Waals surface area contributed by atoms with E-state index in [4.69, 9.17) is 0 Å². The van der Waals surface area contributed by atoms with Gasteiger partial charge in [-0.25, -0.2) is 17.5 Å². The fraction of sp³-hybridized carbons (Fsp3) is 0.154. The van der Waals surface area contributed by atoms with Crippen molar-refractivity contribution in [2.45, 2.75) is 10.8 Å². The first-order valence-corrected chi connectivity index (χ1v) is 8.28. The average molecular weight is 328 g/mol. The lowest BCUT2D eigenvalue weighted by molar-refractivity contribution is 0.0951. The molecule has 5 nitrogen and oxygen atoms in total. The first kappa shape index (κ1) is 15.6. The van der Waals surface area contributed by atoms with E-state index in [0.29, 0.717) is 10.4 Å². The largest absolute Gasteiger partial charge is 0.347 e. The second-order valence-electron chi connectivity index (χ2n) is 4.12. The van der Waals surface area contributed by atoms with Crippen LogP contribution in [0.3, 0.4) is 0 Å².